The number of aromatic nitrogens is 3. The molecule has 0 N–H and O–H groups in total. The van der Waals surface area contributed by atoms with Gasteiger partial charge < -0.3 is 4.42 Å². The summed E-state index contributed by atoms with van der Waals surface area (Å²) in [5.74, 6) is 2.59. The van der Waals surface area contributed by atoms with E-state index in [9.17, 15) is 0 Å². The van der Waals surface area contributed by atoms with E-state index in [1.165, 1.54) is 33.4 Å². The minimum absolute atomic E-state index is 0.391. The molecule has 0 saturated carbocycles. The highest BCUT2D eigenvalue weighted by Crippen LogP contribution is 2.39. The largest absolute Gasteiger partial charge is 0.440 e. The molecule has 2 aromatic heterocycles. The molecule has 0 aliphatic carbocycles. The Labute approximate surface area is 195 Å². The molecule has 0 saturated heterocycles. The van der Waals surface area contributed by atoms with Gasteiger partial charge in [-0.1, -0.05) is 64.1 Å². The number of benzene rings is 3. The van der Waals surface area contributed by atoms with Crippen LogP contribution in [0.4, 0.5) is 0 Å². The van der Waals surface area contributed by atoms with Gasteiger partial charge in [0, 0.05) is 18.1 Å². The lowest BCUT2D eigenvalue weighted by Gasteiger charge is -2.18. The van der Waals surface area contributed by atoms with E-state index in [-0.39, 0.29) is 0 Å². The van der Waals surface area contributed by atoms with Gasteiger partial charge >= 0.3 is 0 Å². The van der Waals surface area contributed by atoms with Crippen LogP contribution in [0.1, 0.15) is 62.1 Å². The number of aryl methyl sites for hydroxylation is 3. The van der Waals surface area contributed by atoms with Gasteiger partial charge in [-0.2, -0.15) is 4.57 Å². The molecule has 0 radical (unpaired) electrons. The first-order valence-electron chi connectivity index (χ1n) is 11.8. The molecule has 0 bridgehead atoms. The van der Waals surface area contributed by atoms with E-state index in [2.05, 4.69) is 110 Å². The lowest BCUT2D eigenvalue weighted by molar-refractivity contribution is -0.633. The van der Waals surface area contributed by atoms with Crippen LogP contribution in [0.3, 0.4) is 0 Å². The Hall–Kier alpha value is -3.40. The number of imidazole rings is 1. The molecule has 0 aliphatic heterocycles. The van der Waals surface area contributed by atoms with E-state index in [1.807, 2.05) is 6.92 Å². The first kappa shape index (κ1) is 21.4. The van der Waals surface area contributed by atoms with E-state index < -0.39 is 0 Å². The predicted octanol–water partition coefficient (Wildman–Crippen LogP) is 7.13. The lowest BCUT2D eigenvalue weighted by atomic mass is 9.92. The summed E-state index contributed by atoms with van der Waals surface area (Å²) in [6.45, 7) is 13.2. The van der Waals surface area contributed by atoms with Crippen LogP contribution in [0.15, 0.2) is 59.0 Å². The minimum Gasteiger partial charge on any atom is -0.440 e. The number of hydrogen-bond acceptors (Lipinski definition) is 2. The van der Waals surface area contributed by atoms with E-state index in [4.69, 9.17) is 4.42 Å². The van der Waals surface area contributed by atoms with E-state index in [0.29, 0.717) is 17.7 Å². The summed E-state index contributed by atoms with van der Waals surface area (Å²) in [5, 5.41) is 0. The highest BCUT2D eigenvalue weighted by Gasteiger charge is 2.33. The van der Waals surface area contributed by atoms with Crippen molar-refractivity contribution in [2.75, 3.05) is 0 Å². The Bertz CT molecular complexity index is 1470. The summed E-state index contributed by atoms with van der Waals surface area (Å²) in [5.41, 5.74) is 10.4. The topological polar surface area (TPSA) is 34.8 Å². The summed E-state index contributed by atoms with van der Waals surface area (Å²) >= 11 is 0. The van der Waals surface area contributed by atoms with Crippen molar-refractivity contribution < 1.29 is 8.98 Å². The summed E-state index contributed by atoms with van der Waals surface area (Å²) in [6.07, 6.45) is 0. The molecule has 5 aromatic rings. The molecule has 168 valence electrons. The molecular weight excluding hydrogens is 406 g/mol. The van der Waals surface area contributed by atoms with Crippen molar-refractivity contribution in [1.29, 1.82) is 0 Å². The fraction of sp³-hybridized carbons (Fsp3) is 0.310. The van der Waals surface area contributed by atoms with Crippen LogP contribution in [0, 0.1) is 13.8 Å². The van der Waals surface area contributed by atoms with Crippen molar-refractivity contribution in [3.63, 3.8) is 0 Å². The molecule has 3 aromatic carbocycles. The van der Waals surface area contributed by atoms with Crippen LogP contribution in [0.5, 0.6) is 0 Å². The van der Waals surface area contributed by atoms with Gasteiger partial charge in [0.1, 0.15) is 16.8 Å². The molecule has 0 aliphatic rings. The van der Waals surface area contributed by atoms with E-state index >= 15 is 0 Å². The van der Waals surface area contributed by atoms with Crippen molar-refractivity contribution in [3.05, 3.63) is 77.2 Å². The third-order valence-corrected chi connectivity index (χ3v) is 6.68. The van der Waals surface area contributed by atoms with Crippen LogP contribution in [-0.2, 0) is 7.05 Å². The second kappa shape index (κ2) is 7.87. The van der Waals surface area contributed by atoms with Crippen molar-refractivity contribution in [3.8, 4) is 17.1 Å². The Morgan fingerprint density at radius 3 is 2.18 bits per heavy atom. The van der Waals surface area contributed by atoms with Crippen LogP contribution in [0.2, 0.25) is 0 Å². The van der Waals surface area contributed by atoms with Gasteiger partial charge in [0.15, 0.2) is 22.5 Å². The van der Waals surface area contributed by atoms with E-state index in [1.54, 1.807) is 0 Å². The Morgan fingerprint density at radius 2 is 1.52 bits per heavy atom. The average Bonchev–Trinajstić information content (AvgIpc) is 3.30. The molecule has 2 heterocycles. The Morgan fingerprint density at radius 1 is 0.848 bits per heavy atom. The maximum Gasteiger partial charge on any atom is 0.299 e. The average molecular weight is 439 g/mol. The van der Waals surface area contributed by atoms with Crippen LogP contribution in [0.25, 0.3) is 39.2 Å². The zero-order chi connectivity index (χ0) is 23.4. The SMILES string of the molecule is Cc1nc2ccc(C)c(-c3n(-c4c(C(C)C)cccc4C(C)C)c4ccccc4[n+]3C)c2o1. The van der Waals surface area contributed by atoms with E-state index in [0.717, 1.165) is 22.5 Å². The number of fused-ring (bicyclic) bond motifs is 2. The normalized spacial score (nSPS) is 12.0. The fourth-order valence-corrected chi connectivity index (χ4v) is 5.07. The lowest BCUT2D eigenvalue weighted by Crippen LogP contribution is -2.30. The van der Waals surface area contributed by atoms with Crippen LogP contribution in [-0.4, -0.2) is 9.55 Å². The number of nitrogens with zero attached hydrogens (tertiary/aromatic N) is 3. The van der Waals surface area contributed by atoms with Gasteiger partial charge in [0.25, 0.3) is 5.82 Å². The van der Waals surface area contributed by atoms with Crippen molar-refractivity contribution >= 4 is 22.1 Å². The monoisotopic (exact) mass is 438 g/mol. The van der Waals surface area contributed by atoms with Gasteiger partial charge in [-0.25, -0.2) is 9.55 Å². The quantitative estimate of drug-likeness (QED) is 0.280. The minimum atomic E-state index is 0.391. The Kier molecular flexibility index (Phi) is 5.12. The smallest absolute Gasteiger partial charge is 0.299 e. The molecule has 0 atom stereocenters. The maximum atomic E-state index is 6.19. The summed E-state index contributed by atoms with van der Waals surface area (Å²) in [4.78, 5) is 4.63. The Balaban J connectivity index is 2.02. The predicted molar refractivity (Wildman–Crippen MR) is 135 cm³/mol. The molecule has 33 heavy (non-hydrogen) atoms. The third-order valence-electron chi connectivity index (χ3n) is 6.68. The number of rotatable bonds is 4. The van der Waals surface area contributed by atoms with Crippen molar-refractivity contribution in [2.45, 2.75) is 53.4 Å². The third kappa shape index (κ3) is 3.28. The molecule has 0 unspecified atom stereocenters. The first-order valence-corrected chi connectivity index (χ1v) is 11.8. The summed E-state index contributed by atoms with van der Waals surface area (Å²) in [7, 11) is 2.16. The summed E-state index contributed by atoms with van der Waals surface area (Å²) < 4.78 is 11.0. The number of oxazole rings is 1. The van der Waals surface area contributed by atoms with Crippen LogP contribution >= 0.6 is 0 Å². The number of para-hydroxylation sites is 3. The second-order valence-electron chi connectivity index (χ2n) is 9.64. The fourth-order valence-electron chi connectivity index (χ4n) is 5.07. The molecule has 4 nitrogen and oxygen atoms in total. The molecular formula is C29H32N3O+. The van der Waals surface area contributed by atoms with Crippen molar-refractivity contribution in [1.82, 2.24) is 9.55 Å². The van der Waals surface area contributed by atoms with Crippen molar-refractivity contribution in [2.24, 2.45) is 7.05 Å². The van der Waals surface area contributed by atoms with Gasteiger partial charge in [0.2, 0.25) is 0 Å². The molecule has 0 amide bonds. The molecule has 0 spiro atoms. The van der Waals surface area contributed by atoms with Gasteiger partial charge in [-0.15, -0.1) is 0 Å². The van der Waals surface area contributed by atoms with Gasteiger partial charge in [-0.05, 0) is 42.5 Å². The maximum absolute atomic E-state index is 6.19. The summed E-state index contributed by atoms with van der Waals surface area (Å²) in [6, 6.07) is 19.6. The molecule has 0 fully saturated rings. The van der Waals surface area contributed by atoms with Crippen LogP contribution < -0.4 is 4.57 Å². The van der Waals surface area contributed by atoms with Gasteiger partial charge in [0.05, 0.1) is 7.05 Å². The number of hydrogen-bond donors (Lipinski definition) is 0. The zero-order valence-corrected chi connectivity index (χ0v) is 20.6. The first-order chi connectivity index (χ1) is 15.8. The highest BCUT2D eigenvalue weighted by atomic mass is 16.3. The second-order valence-corrected chi connectivity index (χ2v) is 9.64. The highest BCUT2D eigenvalue weighted by molar-refractivity contribution is 5.92. The standard InChI is InChI=1S/C29H32N3O/c1-17(2)21-11-10-12-22(18(3)4)27(21)32-25-14-9-8-13-24(25)31(7)29(32)26-19(5)15-16-23-28(26)33-20(6)30-23/h8-18H,1-7H3/q+1. The van der Waals surface area contributed by atoms with Gasteiger partial charge in [-0.3, -0.25) is 0 Å². The zero-order valence-electron chi connectivity index (χ0n) is 20.6. The molecule has 5 rings (SSSR count). The molecule has 4 heteroatoms.